The summed E-state index contributed by atoms with van der Waals surface area (Å²) in [4.78, 5) is 23.3. The van der Waals surface area contributed by atoms with Gasteiger partial charge in [-0.05, 0) is 44.5 Å². The van der Waals surface area contributed by atoms with Crippen molar-refractivity contribution in [2.45, 2.75) is 32.0 Å². The van der Waals surface area contributed by atoms with E-state index in [1.165, 1.54) is 18.3 Å². The van der Waals surface area contributed by atoms with Crippen molar-refractivity contribution in [3.8, 4) is 0 Å². The zero-order valence-corrected chi connectivity index (χ0v) is 16.6. The van der Waals surface area contributed by atoms with Gasteiger partial charge in [0.2, 0.25) is 5.78 Å². The lowest BCUT2D eigenvalue weighted by Crippen LogP contribution is -2.52. The maximum absolute atomic E-state index is 14.1. The van der Waals surface area contributed by atoms with Crippen molar-refractivity contribution >= 4 is 23.2 Å². The first kappa shape index (κ1) is 20.9. The van der Waals surface area contributed by atoms with E-state index >= 15 is 0 Å². The van der Waals surface area contributed by atoms with E-state index in [0.29, 0.717) is 31.9 Å². The highest BCUT2D eigenvalue weighted by molar-refractivity contribution is 6.12. The number of aromatic nitrogens is 2. The minimum absolute atomic E-state index is 0. The Bertz CT molecular complexity index is 940. The minimum Gasteiger partial charge on any atom is -0.383 e. The maximum Gasteiger partial charge on any atom is 0.215 e. The van der Waals surface area contributed by atoms with Gasteiger partial charge in [-0.1, -0.05) is 6.58 Å². The van der Waals surface area contributed by atoms with E-state index in [0.717, 1.165) is 0 Å². The van der Waals surface area contributed by atoms with Gasteiger partial charge in [-0.25, -0.2) is 18.7 Å². The molecule has 1 saturated heterocycles. The average Bonchev–Trinajstić information content (AvgIpc) is 2.66. The van der Waals surface area contributed by atoms with Crippen LogP contribution in [0.4, 0.5) is 20.4 Å². The molecule has 3 rings (SSSR count). The van der Waals surface area contributed by atoms with Crippen LogP contribution >= 0.6 is 0 Å². The molecule has 1 atom stereocenters. The van der Waals surface area contributed by atoms with Gasteiger partial charge < -0.3 is 16.0 Å². The quantitative estimate of drug-likeness (QED) is 0.707. The number of halogens is 2. The molecule has 0 aromatic carbocycles. The SMILES string of the molecule is C=C(F)c1ccc(N2CCNC(CC(C)(C)F)C2)nc1C(=O)c1cccnc1N.[HH].[HH].[HH]. The lowest BCUT2D eigenvalue weighted by molar-refractivity contribution is 0.103. The van der Waals surface area contributed by atoms with Gasteiger partial charge in [0.1, 0.15) is 28.8 Å². The number of carbonyl (C=O) groups excluding carboxylic acids is 1. The Morgan fingerprint density at radius 3 is 2.83 bits per heavy atom. The number of alkyl halides is 1. The van der Waals surface area contributed by atoms with Crippen LogP contribution in [0.15, 0.2) is 37.0 Å². The molecule has 0 bridgehead atoms. The molecule has 1 aliphatic heterocycles. The molecule has 3 N–H and O–H groups in total. The first-order valence-corrected chi connectivity index (χ1v) is 9.44. The number of nitrogens with two attached hydrogens (primary N) is 1. The van der Waals surface area contributed by atoms with E-state index in [9.17, 15) is 13.6 Å². The summed E-state index contributed by atoms with van der Waals surface area (Å²) in [6.07, 6.45) is 1.82. The Hall–Kier alpha value is -2.87. The van der Waals surface area contributed by atoms with E-state index in [-0.39, 0.29) is 33.0 Å². The fourth-order valence-electron chi connectivity index (χ4n) is 3.51. The van der Waals surface area contributed by atoms with Crippen LogP contribution in [0.1, 0.15) is 46.2 Å². The second-order valence-corrected chi connectivity index (χ2v) is 7.76. The number of nitrogens with one attached hydrogen (secondary N) is 1. The van der Waals surface area contributed by atoms with Crippen LogP contribution in [-0.4, -0.2) is 47.1 Å². The molecule has 0 amide bonds. The number of rotatable bonds is 6. The van der Waals surface area contributed by atoms with Crippen molar-refractivity contribution in [2.24, 2.45) is 0 Å². The number of anilines is 2. The molecule has 0 aliphatic carbocycles. The monoisotopic (exact) mass is 407 g/mol. The Balaban J connectivity index is 0.00000320. The number of ketones is 1. The zero-order valence-electron chi connectivity index (χ0n) is 16.6. The second kappa shape index (κ2) is 8.24. The number of nitrogen functional groups attached to an aromatic ring is 1. The van der Waals surface area contributed by atoms with Crippen molar-refractivity contribution in [2.75, 3.05) is 30.3 Å². The fourth-order valence-corrected chi connectivity index (χ4v) is 3.51. The standard InChI is InChI=1S/C21H25F2N5O.3H2/c1-13(22)15-6-7-17(28-10-9-25-14(12-28)11-21(2,3)23)27-18(15)19(29)16-5-4-8-26-20(16)24;;;/h4-8,14,25H,1,9-12H2,2-3H3,(H2,24,26);3*1H. The molecular weight excluding hydrogens is 376 g/mol. The molecule has 1 aliphatic rings. The molecule has 0 spiro atoms. The summed E-state index contributed by atoms with van der Waals surface area (Å²) < 4.78 is 28.0. The summed E-state index contributed by atoms with van der Waals surface area (Å²) in [5, 5.41) is 3.30. The summed E-state index contributed by atoms with van der Waals surface area (Å²) in [5.74, 6) is -0.716. The highest BCUT2D eigenvalue weighted by Gasteiger charge is 2.28. The highest BCUT2D eigenvalue weighted by atomic mass is 19.1. The third-order valence-electron chi connectivity index (χ3n) is 4.78. The van der Waals surface area contributed by atoms with Gasteiger partial charge in [0.05, 0.1) is 5.56 Å². The van der Waals surface area contributed by atoms with Crippen LogP contribution in [0.3, 0.4) is 0 Å². The van der Waals surface area contributed by atoms with Gasteiger partial charge >= 0.3 is 0 Å². The zero-order chi connectivity index (χ0) is 21.2. The van der Waals surface area contributed by atoms with Crippen LogP contribution in [0.2, 0.25) is 0 Å². The molecular formula is C21H31F2N5O. The molecule has 6 nitrogen and oxygen atoms in total. The van der Waals surface area contributed by atoms with Crippen molar-refractivity contribution in [1.82, 2.24) is 15.3 Å². The van der Waals surface area contributed by atoms with Crippen LogP contribution < -0.4 is 16.0 Å². The van der Waals surface area contributed by atoms with Gasteiger partial charge in [0.25, 0.3) is 0 Å². The van der Waals surface area contributed by atoms with E-state index in [4.69, 9.17) is 5.73 Å². The normalized spacial score (nSPS) is 17.2. The molecule has 1 fully saturated rings. The van der Waals surface area contributed by atoms with Crippen molar-refractivity contribution in [3.63, 3.8) is 0 Å². The first-order valence-electron chi connectivity index (χ1n) is 9.44. The second-order valence-electron chi connectivity index (χ2n) is 7.76. The Morgan fingerprint density at radius 1 is 1.41 bits per heavy atom. The smallest absolute Gasteiger partial charge is 0.215 e. The predicted octanol–water partition coefficient (Wildman–Crippen LogP) is 3.88. The summed E-state index contributed by atoms with van der Waals surface area (Å²) in [5.41, 5.74) is 4.60. The van der Waals surface area contributed by atoms with Crippen LogP contribution in [0, 0.1) is 0 Å². The van der Waals surface area contributed by atoms with E-state index in [2.05, 4.69) is 21.9 Å². The van der Waals surface area contributed by atoms with Gasteiger partial charge in [-0.2, -0.15) is 0 Å². The molecule has 2 aromatic rings. The first-order chi connectivity index (χ1) is 13.7. The summed E-state index contributed by atoms with van der Waals surface area (Å²) in [6, 6.07) is 6.17. The summed E-state index contributed by atoms with van der Waals surface area (Å²) in [6.45, 7) is 8.21. The number of pyridine rings is 2. The van der Waals surface area contributed by atoms with Crippen LogP contribution in [0.25, 0.3) is 5.83 Å². The number of piperazine rings is 1. The molecule has 2 aromatic heterocycles. The largest absolute Gasteiger partial charge is 0.383 e. The lowest BCUT2D eigenvalue weighted by Gasteiger charge is -2.36. The number of nitrogens with zero attached hydrogens (tertiary/aromatic N) is 3. The number of hydrogen-bond acceptors (Lipinski definition) is 6. The fraction of sp³-hybridized carbons (Fsp3) is 0.381. The molecule has 29 heavy (non-hydrogen) atoms. The third-order valence-corrected chi connectivity index (χ3v) is 4.78. The predicted molar refractivity (Wildman–Crippen MR) is 117 cm³/mol. The molecule has 1 unspecified atom stereocenters. The molecule has 0 radical (unpaired) electrons. The van der Waals surface area contributed by atoms with E-state index < -0.39 is 17.3 Å². The maximum atomic E-state index is 14.1. The topological polar surface area (TPSA) is 84.1 Å². The lowest BCUT2D eigenvalue weighted by atomic mass is 9.99. The van der Waals surface area contributed by atoms with E-state index in [1.807, 2.05) is 4.90 Å². The Morgan fingerprint density at radius 2 is 2.17 bits per heavy atom. The van der Waals surface area contributed by atoms with Crippen LogP contribution in [-0.2, 0) is 0 Å². The van der Waals surface area contributed by atoms with Gasteiger partial charge in [-0.3, -0.25) is 4.79 Å². The number of hydrogen-bond donors (Lipinski definition) is 2. The molecule has 8 heteroatoms. The Kier molecular flexibility index (Phi) is 5.93. The third kappa shape index (κ3) is 4.95. The van der Waals surface area contributed by atoms with Gasteiger partial charge in [0.15, 0.2) is 0 Å². The summed E-state index contributed by atoms with van der Waals surface area (Å²) in [7, 11) is 0. The highest BCUT2D eigenvalue weighted by Crippen LogP contribution is 2.26. The van der Waals surface area contributed by atoms with E-state index in [1.54, 1.807) is 26.0 Å². The summed E-state index contributed by atoms with van der Waals surface area (Å²) >= 11 is 0. The van der Waals surface area contributed by atoms with Gasteiger partial charge in [-0.15, -0.1) is 0 Å². The molecule has 3 heterocycles. The molecule has 0 saturated carbocycles. The Labute approximate surface area is 173 Å². The van der Waals surface area contributed by atoms with Crippen molar-refractivity contribution in [3.05, 3.63) is 53.9 Å². The average molecular weight is 408 g/mol. The minimum atomic E-state index is -1.30. The van der Waals surface area contributed by atoms with Crippen LogP contribution in [0.5, 0.6) is 0 Å². The van der Waals surface area contributed by atoms with Crippen molar-refractivity contribution < 1.29 is 17.9 Å². The number of carbonyl (C=O) groups is 1. The molecule has 160 valence electrons. The van der Waals surface area contributed by atoms with Crippen molar-refractivity contribution in [1.29, 1.82) is 0 Å². The van der Waals surface area contributed by atoms with Gasteiger partial charge in [0, 0.05) is 41.7 Å².